The molecule has 0 aliphatic carbocycles. The molecule has 98 valence electrons. The number of ketones is 1. The molecule has 0 saturated carbocycles. The summed E-state index contributed by atoms with van der Waals surface area (Å²) in [7, 11) is 1.62. The lowest BCUT2D eigenvalue weighted by Crippen LogP contribution is -2.00. The van der Waals surface area contributed by atoms with Crippen molar-refractivity contribution in [1.82, 2.24) is 0 Å². The number of rotatable bonds is 6. The molecule has 0 atom stereocenters. The second kappa shape index (κ2) is 7.00. The topological polar surface area (TPSA) is 26.3 Å². The summed E-state index contributed by atoms with van der Waals surface area (Å²) in [6.45, 7) is 0. The first kappa shape index (κ1) is 13.7. The molecule has 0 amide bonds. The Morgan fingerprint density at radius 2 is 1.74 bits per heavy atom. The first-order chi connectivity index (χ1) is 9.29. The maximum Gasteiger partial charge on any atom is 0.163 e. The Morgan fingerprint density at radius 3 is 2.37 bits per heavy atom. The molecule has 3 heteroatoms. The van der Waals surface area contributed by atoms with Crippen LogP contribution in [0.25, 0.3) is 0 Å². The SMILES string of the molecule is COc1ccc(C(=O)CCSc2ccccc2)cc1. The molecular formula is C16H16O2S. The predicted molar refractivity (Wildman–Crippen MR) is 79.1 cm³/mol. The molecular weight excluding hydrogens is 256 g/mol. The monoisotopic (exact) mass is 272 g/mol. The number of benzene rings is 2. The molecule has 0 spiro atoms. The van der Waals surface area contributed by atoms with Crippen LogP contribution < -0.4 is 4.74 Å². The summed E-state index contributed by atoms with van der Waals surface area (Å²) in [4.78, 5) is 13.2. The minimum Gasteiger partial charge on any atom is -0.497 e. The summed E-state index contributed by atoms with van der Waals surface area (Å²) in [6, 6.07) is 17.4. The van der Waals surface area contributed by atoms with Crippen molar-refractivity contribution in [1.29, 1.82) is 0 Å². The number of carbonyl (C=O) groups is 1. The van der Waals surface area contributed by atoms with Gasteiger partial charge in [0.2, 0.25) is 0 Å². The predicted octanol–water partition coefficient (Wildman–Crippen LogP) is 4.06. The zero-order valence-corrected chi connectivity index (χ0v) is 11.7. The van der Waals surface area contributed by atoms with E-state index in [4.69, 9.17) is 4.74 Å². The third-order valence-corrected chi connectivity index (χ3v) is 3.77. The Labute approximate surface area is 117 Å². The van der Waals surface area contributed by atoms with Crippen LogP contribution in [-0.4, -0.2) is 18.6 Å². The second-order valence-electron chi connectivity index (χ2n) is 4.06. The largest absolute Gasteiger partial charge is 0.497 e. The number of thioether (sulfide) groups is 1. The molecule has 0 fully saturated rings. The molecule has 0 unspecified atom stereocenters. The van der Waals surface area contributed by atoms with Crippen molar-refractivity contribution in [2.45, 2.75) is 11.3 Å². The van der Waals surface area contributed by atoms with Gasteiger partial charge >= 0.3 is 0 Å². The van der Waals surface area contributed by atoms with E-state index < -0.39 is 0 Å². The van der Waals surface area contributed by atoms with Gasteiger partial charge < -0.3 is 4.74 Å². The molecule has 2 rings (SSSR count). The maximum absolute atomic E-state index is 12.0. The molecule has 0 aliphatic rings. The Hall–Kier alpha value is -1.74. The fourth-order valence-electron chi connectivity index (χ4n) is 1.70. The van der Waals surface area contributed by atoms with Crippen LogP contribution in [0.4, 0.5) is 0 Å². The normalized spacial score (nSPS) is 10.2. The smallest absolute Gasteiger partial charge is 0.163 e. The van der Waals surface area contributed by atoms with Crippen LogP contribution in [0.2, 0.25) is 0 Å². The van der Waals surface area contributed by atoms with E-state index >= 15 is 0 Å². The van der Waals surface area contributed by atoms with E-state index in [1.807, 2.05) is 42.5 Å². The van der Waals surface area contributed by atoms with Crippen molar-refractivity contribution in [3.63, 3.8) is 0 Å². The number of carbonyl (C=O) groups excluding carboxylic acids is 1. The lowest BCUT2D eigenvalue weighted by molar-refractivity contribution is 0.0989. The summed E-state index contributed by atoms with van der Waals surface area (Å²) >= 11 is 1.71. The summed E-state index contributed by atoms with van der Waals surface area (Å²) < 4.78 is 5.07. The number of ether oxygens (including phenoxy) is 1. The van der Waals surface area contributed by atoms with E-state index in [9.17, 15) is 4.79 Å². The van der Waals surface area contributed by atoms with Crippen LogP contribution in [0.5, 0.6) is 5.75 Å². The van der Waals surface area contributed by atoms with Crippen LogP contribution in [0.3, 0.4) is 0 Å². The molecule has 2 aromatic carbocycles. The average Bonchev–Trinajstić information content (AvgIpc) is 2.48. The van der Waals surface area contributed by atoms with Crippen LogP contribution in [-0.2, 0) is 0 Å². The van der Waals surface area contributed by atoms with Gasteiger partial charge in [-0.3, -0.25) is 4.79 Å². The Kier molecular flexibility index (Phi) is 5.04. The second-order valence-corrected chi connectivity index (χ2v) is 5.23. The molecule has 0 aromatic heterocycles. The summed E-state index contributed by atoms with van der Waals surface area (Å²) in [6.07, 6.45) is 0.548. The van der Waals surface area contributed by atoms with Gasteiger partial charge in [-0.05, 0) is 36.4 Å². The summed E-state index contributed by atoms with van der Waals surface area (Å²) in [5.74, 6) is 1.75. The highest BCUT2D eigenvalue weighted by Gasteiger charge is 2.06. The zero-order valence-electron chi connectivity index (χ0n) is 10.8. The highest BCUT2D eigenvalue weighted by Crippen LogP contribution is 2.19. The fourth-order valence-corrected chi connectivity index (χ4v) is 2.57. The fraction of sp³-hybridized carbons (Fsp3) is 0.188. The lowest BCUT2D eigenvalue weighted by atomic mass is 10.1. The van der Waals surface area contributed by atoms with Gasteiger partial charge in [0, 0.05) is 22.6 Å². The Balaban J connectivity index is 1.84. The molecule has 0 saturated heterocycles. The molecule has 2 aromatic rings. The van der Waals surface area contributed by atoms with Gasteiger partial charge in [0.15, 0.2) is 5.78 Å². The number of methoxy groups -OCH3 is 1. The van der Waals surface area contributed by atoms with E-state index in [1.54, 1.807) is 18.9 Å². The van der Waals surface area contributed by atoms with Gasteiger partial charge in [-0.25, -0.2) is 0 Å². The maximum atomic E-state index is 12.0. The molecule has 0 heterocycles. The van der Waals surface area contributed by atoms with Crippen LogP contribution in [0.15, 0.2) is 59.5 Å². The van der Waals surface area contributed by atoms with Crippen LogP contribution >= 0.6 is 11.8 Å². The van der Waals surface area contributed by atoms with Crippen molar-refractivity contribution in [2.75, 3.05) is 12.9 Å². The first-order valence-corrected chi connectivity index (χ1v) is 7.13. The Bertz CT molecular complexity index is 520. The van der Waals surface area contributed by atoms with E-state index in [-0.39, 0.29) is 5.78 Å². The third-order valence-electron chi connectivity index (χ3n) is 2.75. The van der Waals surface area contributed by atoms with Gasteiger partial charge in [0.05, 0.1) is 7.11 Å². The lowest BCUT2D eigenvalue weighted by Gasteiger charge is -2.03. The number of hydrogen-bond donors (Lipinski definition) is 0. The zero-order chi connectivity index (χ0) is 13.5. The molecule has 0 bridgehead atoms. The first-order valence-electron chi connectivity index (χ1n) is 6.14. The van der Waals surface area contributed by atoms with Crippen molar-refractivity contribution in [3.05, 3.63) is 60.2 Å². The highest BCUT2D eigenvalue weighted by atomic mass is 32.2. The minimum absolute atomic E-state index is 0.172. The molecule has 2 nitrogen and oxygen atoms in total. The van der Waals surface area contributed by atoms with E-state index in [2.05, 4.69) is 12.1 Å². The van der Waals surface area contributed by atoms with Gasteiger partial charge in [-0.1, -0.05) is 18.2 Å². The average molecular weight is 272 g/mol. The number of Topliss-reactive ketones (excluding diaryl/α,β-unsaturated/α-hetero) is 1. The van der Waals surface area contributed by atoms with Gasteiger partial charge in [-0.2, -0.15) is 0 Å². The molecule has 0 N–H and O–H groups in total. The van der Waals surface area contributed by atoms with Gasteiger partial charge in [0.1, 0.15) is 5.75 Å². The van der Waals surface area contributed by atoms with Gasteiger partial charge in [0.25, 0.3) is 0 Å². The third kappa shape index (κ3) is 4.14. The van der Waals surface area contributed by atoms with Gasteiger partial charge in [-0.15, -0.1) is 11.8 Å². The quantitative estimate of drug-likeness (QED) is 0.586. The van der Waals surface area contributed by atoms with Crippen molar-refractivity contribution < 1.29 is 9.53 Å². The molecule has 0 aliphatic heterocycles. The van der Waals surface area contributed by atoms with Crippen molar-refractivity contribution in [2.24, 2.45) is 0 Å². The van der Waals surface area contributed by atoms with Crippen LogP contribution in [0, 0.1) is 0 Å². The summed E-state index contributed by atoms with van der Waals surface area (Å²) in [5.41, 5.74) is 0.745. The molecule has 0 radical (unpaired) electrons. The minimum atomic E-state index is 0.172. The Morgan fingerprint density at radius 1 is 1.05 bits per heavy atom. The number of hydrogen-bond acceptors (Lipinski definition) is 3. The molecule has 19 heavy (non-hydrogen) atoms. The van der Waals surface area contributed by atoms with Crippen LogP contribution in [0.1, 0.15) is 16.8 Å². The summed E-state index contributed by atoms with van der Waals surface area (Å²) in [5, 5.41) is 0. The van der Waals surface area contributed by atoms with E-state index in [1.165, 1.54) is 4.90 Å². The highest BCUT2D eigenvalue weighted by molar-refractivity contribution is 7.99. The van der Waals surface area contributed by atoms with Crippen molar-refractivity contribution >= 4 is 17.5 Å². The van der Waals surface area contributed by atoms with Crippen molar-refractivity contribution in [3.8, 4) is 5.75 Å². The van der Waals surface area contributed by atoms with E-state index in [0.29, 0.717) is 6.42 Å². The standard InChI is InChI=1S/C16H16O2S/c1-18-14-9-7-13(8-10-14)16(17)11-12-19-15-5-3-2-4-6-15/h2-10H,11-12H2,1H3. The van der Waals surface area contributed by atoms with E-state index in [0.717, 1.165) is 17.1 Å².